The summed E-state index contributed by atoms with van der Waals surface area (Å²) in [6.45, 7) is -2.00. The van der Waals surface area contributed by atoms with E-state index in [9.17, 15) is 28.8 Å². The first-order valence-electron chi connectivity index (χ1n) is 11.1. The van der Waals surface area contributed by atoms with E-state index in [0.717, 1.165) is 0 Å². The Labute approximate surface area is 204 Å². The van der Waals surface area contributed by atoms with Gasteiger partial charge in [-0.1, -0.05) is 91.0 Å². The molecule has 0 amide bonds. The second-order valence-corrected chi connectivity index (χ2v) is 7.97. The second-order valence-electron chi connectivity index (χ2n) is 7.97. The molecule has 0 spiro atoms. The molecule has 0 saturated carbocycles. The van der Waals surface area contributed by atoms with Gasteiger partial charge in [-0.2, -0.15) is 0 Å². The molecule has 0 radical (unpaired) electrons. The van der Waals surface area contributed by atoms with Gasteiger partial charge in [0.25, 0.3) is 0 Å². The number of hydrogen-bond donors (Lipinski definition) is 0. The van der Waals surface area contributed by atoms with Crippen molar-refractivity contribution in [3.05, 3.63) is 139 Å². The van der Waals surface area contributed by atoms with Gasteiger partial charge in [0.15, 0.2) is 17.3 Å². The molecular formula is C27H21N3O6. The number of ketones is 3. The number of rotatable bonds is 9. The lowest BCUT2D eigenvalue weighted by Gasteiger charge is -2.13. The van der Waals surface area contributed by atoms with Gasteiger partial charge in [0, 0.05) is 16.7 Å². The Kier molecular flexibility index (Phi) is 7.10. The molecule has 0 unspecified atom stereocenters. The summed E-state index contributed by atoms with van der Waals surface area (Å²) in [6.07, 6.45) is 0. The minimum Gasteiger partial charge on any atom is -0.292 e. The summed E-state index contributed by atoms with van der Waals surface area (Å²) in [4.78, 5) is 77.9. The van der Waals surface area contributed by atoms with Gasteiger partial charge in [-0.3, -0.25) is 14.4 Å². The molecule has 0 saturated heterocycles. The van der Waals surface area contributed by atoms with E-state index < -0.39 is 54.1 Å². The number of nitrogens with zero attached hydrogens (tertiary/aromatic N) is 3. The summed E-state index contributed by atoms with van der Waals surface area (Å²) in [5, 5.41) is 0. The fraction of sp³-hybridized carbons (Fsp3) is 0.111. The molecule has 0 N–H and O–H groups in total. The van der Waals surface area contributed by atoms with Crippen LogP contribution in [0.25, 0.3) is 0 Å². The fourth-order valence-electron chi connectivity index (χ4n) is 3.67. The smallest absolute Gasteiger partial charge is 0.292 e. The molecule has 0 aliphatic heterocycles. The molecule has 4 rings (SSSR count). The van der Waals surface area contributed by atoms with Crippen LogP contribution in [0.15, 0.2) is 105 Å². The van der Waals surface area contributed by atoms with Crippen LogP contribution in [-0.2, 0) is 19.6 Å². The van der Waals surface area contributed by atoms with E-state index in [2.05, 4.69) is 0 Å². The molecule has 9 heteroatoms. The van der Waals surface area contributed by atoms with Crippen LogP contribution >= 0.6 is 0 Å². The molecular weight excluding hydrogens is 462 g/mol. The van der Waals surface area contributed by atoms with Gasteiger partial charge in [0.2, 0.25) is 0 Å². The van der Waals surface area contributed by atoms with Crippen LogP contribution in [0.2, 0.25) is 0 Å². The normalized spacial score (nSPS) is 10.7. The van der Waals surface area contributed by atoms with Crippen LogP contribution in [-0.4, -0.2) is 31.1 Å². The topological polar surface area (TPSA) is 117 Å². The lowest BCUT2D eigenvalue weighted by atomic mass is 10.1. The van der Waals surface area contributed by atoms with Crippen molar-refractivity contribution in [1.29, 1.82) is 0 Å². The number of Topliss-reactive ketones (excluding diaryl/α,β-unsaturated/α-hetero) is 3. The van der Waals surface area contributed by atoms with Gasteiger partial charge in [-0.25, -0.2) is 28.1 Å². The van der Waals surface area contributed by atoms with Crippen LogP contribution < -0.4 is 17.1 Å². The van der Waals surface area contributed by atoms with E-state index in [1.807, 2.05) is 0 Å². The van der Waals surface area contributed by atoms with Crippen LogP contribution in [0.3, 0.4) is 0 Å². The Balaban J connectivity index is 1.80. The highest BCUT2D eigenvalue weighted by Crippen LogP contribution is 2.03. The highest BCUT2D eigenvalue weighted by molar-refractivity contribution is 5.97. The monoisotopic (exact) mass is 483 g/mol. The summed E-state index contributed by atoms with van der Waals surface area (Å²) in [5.41, 5.74) is -2.55. The van der Waals surface area contributed by atoms with Crippen molar-refractivity contribution >= 4 is 17.3 Å². The number of benzene rings is 3. The zero-order valence-corrected chi connectivity index (χ0v) is 19.1. The molecule has 0 fully saturated rings. The quantitative estimate of drug-likeness (QED) is 0.335. The third-order valence-corrected chi connectivity index (χ3v) is 5.58. The molecule has 1 aromatic heterocycles. The third kappa shape index (κ3) is 5.10. The summed E-state index contributed by atoms with van der Waals surface area (Å²) in [6, 6.07) is 24.1. The summed E-state index contributed by atoms with van der Waals surface area (Å²) in [5.74, 6) is -1.64. The standard InChI is InChI=1S/C27H21N3O6/c31-22(19-10-4-1-5-11-19)16-28-25(34)29(17-23(32)20-12-6-2-7-13-20)27(36)30(26(28)35)18-24(33)21-14-8-3-9-15-21/h1-15H,16-18H2. The molecule has 180 valence electrons. The minimum absolute atomic E-state index is 0.258. The van der Waals surface area contributed by atoms with E-state index >= 15 is 0 Å². The molecule has 0 bridgehead atoms. The first kappa shape index (κ1) is 24.2. The molecule has 0 aliphatic rings. The lowest BCUT2D eigenvalue weighted by molar-refractivity contribution is 0.0961. The highest BCUT2D eigenvalue weighted by atomic mass is 16.2. The first-order valence-corrected chi connectivity index (χ1v) is 11.1. The largest absolute Gasteiger partial charge is 0.337 e. The lowest BCUT2D eigenvalue weighted by Crippen LogP contribution is -2.56. The summed E-state index contributed by atoms with van der Waals surface area (Å²) >= 11 is 0. The Morgan fingerprint density at radius 3 is 0.861 bits per heavy atom. The van der Waals surface area contributed by atoms with Crippen molar-refractivity contribution in [2.24, 2.45) is 0 Å². The first-order chi connectivity index (χ1) is 17.4. The zero-order valence-electron chi connectivity index (χ0n) is 19.1. The maximum Gasteiger partial charge on any atom is 0.337 e. The van der Waals surface area contributed by atoms with Crippen LogP contribution in [0.1, 0.15) is 31.1 Å². The number of aromatic nitrogens is 3. The fourth-order valence-corrected chi connectivity index (χ4v) is 3.67. The molecule has 4 aromatic rings. The molecule has 3 aromatic carbocycles. The number of carbonyl (C=O) groups is 3. The Hall–Kier alpha value is -4.92. The maximum atomic E-state index is 13.2. The van der Waals surface area contributed by atoms with Crippen molar-refractivity contribution in [1.82, 2.24) is 13.7 Å². The average molecular weight is 483 g/mol. The van der Waals surface area contributed by atoms with E-state index in [-0.39, 0.29) is 16.7 Å². The Morgan fingerprint density at radius 1 is 0.417 bits per heavy atom. The Morgan fingerprint density at radius 2 is 0.639 bits per heavy atom. The molecule has 0 aliphatic carbocycles. The van der Waals surface area contributed by atoms with Crippen LogP contribution in [0, 0.1) is 0 Å². The molecule has 1 heterocycles. The summed E-state index contributed by atoms with van der Waals surface area (Å²) in [7, 11) is 0. The predicted octanol–water partition coefficient (Wildman–Crippen LogP) is 1.82. The molecule has 36 heavy (non-hydrogen) atoms. The van der Waals surface area contributed by atoms with E-state index in [1.54, 1.807) is 54.6 Å². The van der Waals surface area contributed by atoms with Crippen LogP contribution in [0.4, 0.5) is 0 Å². The number of hydrogen-bond acceptors (Lipinski definition) is 6. The molecule has 0 atom stereocenters. The third-order valence-electron chi connectivity index (χ3n) is 5.58. The zero-order chi connectivity index (χ0) is 25.7. The predicted molar refractivity (Wildman–Crippen MR) is 132 cm³/mol. The molecule has 9 nitrogen and oxygen atoms in total. The van der Waals surface area contributed by atoms with Gasteiger partial charge in [-0.05, 0) is 0 Å². The van der Waals surface area contributed by atoms with E-state index in [0.29, 0.717) is 13.7 Å². The van der Waals surface area contributed by atoms with Crippen molar-refractivity contribution in [2.45, 2.75) is 19.6 Å². The van der Waals surface area contributed by atoms with Crippen molar-refractivity contribution < 1.29 is 14.4 Å². The van der Waals surface area contributed by atoms with Gasteiger partial charge in [-0.15, -0.1) is 0 Å². The van der Waals surface area contributed by atoms with Gasteiger partial charge in [0.05, 0.1) is 19.6 Å². The second kappa shape index (κ2) is 10.6. The van der Waals surface area contributed by atoms with Crippen molar-refractivity contribution in [3.63, 3.8) is 0 Å². The van der Waals surface area contributed by atoms with Crippen molar-refractivity contribution in [3.8, 4) is 0 Å². The SMILES string of the molecule is O=C(Cn1c(=O)n(CC(=O)c2ccccc2)c(=O)n(CC(=O)c2ccccc2)c1=O)c1ccccc1. The minimum atomic E-state index is -1.11. The van der Waals surface area contributed by atoms with Gasteiger partial charge >= 0.3 is 17.1 Å². The van der Waals surface area contributed by atoms with E-state index in [4.69, 9.17) is 0 Å². The average Bonchev–Trinajstić information content (AvgIpc) is 2.92. The van der Waals surface area contributed by atoms with Gasteiger partial charge in [0.1, 0.15) is 0 Å². The van der Waals surface area contributed by atoms with Crippen molar-refractivity contribution in [2.75, 3.05) is 0 Å². The van der Waals surface area contributed by atoms with Crippen LogP contribution in [0.5, 0.6) is 0 Å². The Bertz CT molecular complexity index is 1380. The maximum absolute atomic E-state index is 13.2. The van der Waals surface area contributed by atoms with Gasteiger partial charge < -0.3 is 0 Å². The number of carbonyl (C=O) groups excluding carboxylic acids is 3. The summed E-state index contributed by atoms with van der Waals surface area (Å²) < 4.78 is 1.73. The van der Waals surface area contributed by atoms with E-state index in [1.165, 1.54) is 36.4 Å². The highest BCUT2D eigenvalue weighted by Gasteiger charge is 2.22.